The lowest BCUT2D eigenvalue weighted by atomic mass is 10.1. The van der Waals surface area contributed by atoms with Crippen LogP contribution >= 0.6 is 0 Å². The van der Waals surface area contributed by atoms with Crippen molar-refractivity contribution < 1.29 is 13.2 Å². The van der Waals surface area contributed by atoms with E-state index in [1.807, 2.05) is 12.1 Å². The van der Waals surface area contributed by atoms with Crippen LogP contribution in [0.15, 0.2) is 77.8 Å². The van der Waals surface area contributed by atoms with Crippen molar-refractivity contribution in [3.63, 3.8) is 0 Å². The van der Waals surface area contributed by atoms with Crippen LogP contribution in [0.3, 0.4) is 0 Å². The third-order valence-electron chi connectivity index (χ3n) is 4.34. The lowest BCUT2D eigenvalue weighted by molar-refractivity contribution is 0.102. The fourth-order valence-corrected chi connectivity index (χ4v) is 3.87. The molecule has 0 atom stereocenters. The van der Waals surface area contributed by atoms with Gasteiger partial charge in [0.15, 0.2) is 0 Å². The molecule has 0 radical (unpaired) electrons. The number of aromatic nitrogens is 1. The number of carbonyl (C=O) groups excluding carboxylic acids is 1. The van der Waals surface area contributed by atoms with Crippen molar-refractivity contribution in [3.8, 4) is 0 Å². The average Bonchev–Trinajstić information content (AvgIpc) is 2.74. The van der Waals surface area contributed by atoms with Crippen molar-refractivity contribution in [1.29, 1.82) is 0 Å². The zero-order valence-corrected chi connectivity index (χ0v) is 16.9. The molecule has 1 aromatic heterocycles. The third-order valence-corrected chi connectivity index (χ3v) is 5.72. The number of nitrogens with zero attached hydrogens (tertiary/aromatic N) is 1. The number of nitrogens with one attached hydrogen (secondary N) is 2. The fourth-order valence-electron chi connectivity index (χ4n) is 2.76. The van der Waals surface area contributed by atoms with Gasteiger partial charge in [0.2, 0.25) is 0 Å². The van der Waals surface area contributed by atoms with E-state index in [2.05, 4.69) is 21.9 Å². The summed E-state index contributed by atoms with van der Waals surface area (Å²) in [4.78, 5) is 16.5. The van der Waals surface area contributed by atoms with Gasteiger partial charge in [-0.05, 0) is 60.9 Å². The number of rotatable bonds is 8. The molecule has 150 valence electrons. The van der Waals surface area contributed by atoms with E-state index in [4.69, 9.17) is 0 Å². The molecule has 0 fully saturated rings. The number of hydrogen-bond acceptors (Lipinski definition) is 4. The highest BCUT2D eigenvalue weighted by Crippen LogP contribution is 2.19. The van der Waals surface area contributed by atoms with Gasteiger partial charge in [-0.3, -0.25) is 9.52 Å². The Balaban J connectivity index is 1.73. The highest BCUT2D eigenvalue weighted by molar-refractivity contribution is 7.92. The summed E-state index contributed by atoms with van der Waals surface area (Å²) in [7, 11) is -3.82. The summed E-state index contributed by atoms with van der Waals surface area (Å²) >= 11 is 0. The van der Waals surface area contributed by atoms with Crippen LogP contribution in [0.2, 0.25) is 0 Å². The predicted octanol–water partition coefficient (Wildman–Crippen LogP) is 4.48. The van der Waals surface area contributed by atoms with Gasteiger partial charge in [0.05, 0.1) is 4.90 Å². The monoisotopic (exact) mass is 409 g/mol. The van der Waals surface area contributed by atoms with E-state index < -0.39 is 15.9 Å². The minimum atomic E-state index is -3.82. The summed E-state index contributed by atoms with van der Waals surface area (Å²) in [5.41, 5.74) is 1.88. The number of sulfonamides is 1. The predicted molar refractivity (Wildman–Crippen MR) is 114 cm³/mol. The van der Waals surface area contributed by atoms with Crippen LogP contribution in [-0.4, -0.2) is 19.3 Å². The summed E-state index contributed by atoms with van der Waals surface area (Å²) < 4.78 is 28.0. The van der Waals surface area contributed by atoms with Gasteiger partial charge >= 0.3 is 0 Å². The van der Waals surface area contributed by atoms with Crippen molar-refractivity contribution >= 4 is 27.4 Å². The molecule has 2 aromatic carbocycles. The normalized spacial score (nSPS) is 11.1. The van der Waals surface area contributed by atoms with E-state index in [1.165, 1.54) is 23.8 Å². The average molecular weight is 410 g/mol. The SMILES string of the molecule is CCCCc1ccc(NS(=O)(=O)c2cccc(C(=O)Nc3ccccn3)c2)cc1. The summed E-state index contributed by atoms with van der Waals surface area (Å²) in [5.74, 6) is -0.0342. The maximum atomic E-state index is 12.7. The topological polar surface area (TPSA) is 88.2 Å². The lowest BCUT2D eigenvalue weighted by Crippen LogP contribution is -2.16. The second-order valence-corrected chi connectivity index (χ2v) is 8.29. The summed E-state index contributed by atoms with van der Waals surface area (Å²) in [5, 5.41) is 2.64. The number of unbranched alkanes of at least 4 members (excludes halogenated alkanes) is 1. The van der Waals surface area contributed by atoms with Gasteiger partial charge in [0.1, 0.15) is 5.82 Å². The molecular weight excluding hydrogens is 386 g/mol. The van der Waals surface area contributed by atoms with Gasteiger partial charge in [0.25, 0.3) is 15.9 Å². The van der Waals surface area contributed by atoms with E-state index >= 15 is 0 Å². The first kappa shape index (κ1) is 20.5. The molecule has 0 aliphatic heterocycles. The first-order valence-corrected chi connectivity index (χ1v) is 10.9. The highest BCUT2D eigenvalue weighted by Gasteiger charge is 2.17. The molecule has 3 aromatic rings. The van der Waals surface area contributed by atoms with Gasteiger partial charge in [-0.2, -0.15) is 0 Å². The van der Waals surface area contributed by atoms with E-state index in [9.17, 15) is 13.2 Å². The molecule has 0 saturated carbocycles. The fraction of sp³-hybridized carbons (Fsp3) is 0.182. The summed E-state index contributed by atoms with van der Waals surface area (Å²) in [6.07, 6.45) is 4.74. The second kappa shape index (κ2) is 9.34. The van der Waals surface area contributed by atoms with E-state index in [1.54, 1.807) is 42.6 Å². The smallest absolute Gasteiger partial charge is 0.261 e. The molecule has 0 spiro atoms. The zero-order chi connectivity index (χ0) is 20.7. The minimum Gasteiger partial charge on any atom is -0.307 e. The number of amides is 1. The van der Waals surface area contributed by atoms with Gasteiger partial charge in [-0.15, -0.1) is 0 Å². The minimum absolute atomic E-state index is 0.0150. The van der Waals surface area contributed by atoms with Crippen LogP contribution in [0.4, 0.5) is 11.5 Å². The molecule has 1 amide bonds. The van der Waals surface area contributed by atoms with E-state index in [-0.39, 0.29) is 10.5 Å². The largest absolute Gasteiger partial charge is 0.307 e. The quantitative estimate of drug-likeness (QED) is 0.574. The maximum absolute atomic E-state index is 12.7. The molecule has 0 bridgehead atoms. The number of benzene rings is 2. The molecule has 0 unspecified atom stereocenters. The standard InChI is InChI=1S/C22H23N3O3S/c1-2-3-7-17-11-13-19(14-12-17)25-29(27,28)20-9-6-8-18(16-20)22(26)24-21-10-4-5-15-23-21/h4-6,8-16,25H,2-3,7H2,1H3,(H,23,24,26). The van der Waals surface area contributed by atoms with Crippen LogP contribution < -0.4 is 10.0 Å². The van der Waals surface area contributed by atoms with Crippen LogP contribution in [0, 0.1) is 0 Å². The highest BCUT2D eigenvalue weighted by atomic mass is 32.2. The van der Waals surface area contributed by atoms with Crippen LogP contribution in [-0.2, 0) is 16.4 Å². The van der Waals surface area contributed by atoms with Crippen molar-refractivity contribution in [2.45, 2.75) is 31.1 Å². The van der Waals surface area contributed by atoms with Crippen LogP contribution in [0.25, 0.3) is 0 Å². The number of pyridine rings is 1. The molecule has 2 N–H and O–H groups in total. The Morgan fingerprint density at radius 3 is 2.48 bits per heavy atom. The van der Waals surface area contributed by atoms with Crippen molar-refractivity contribution in [3.05, 3.63) is 84.1 Å². The molecule has 7 heteroatoms. The van der Waals surface area contributed by atoms with Crippen molar-refractivity contribution in [2.24, 2.45) is 0 Å². The van der Waals surface area contributed by atoms with Crippen LogP contribution in [0.1, 0.15) is 35.7 Å². The molecule has 0 aliphatic rings. The van der Waals surface area contributed by atoms with Crippen molar-refractivity contribution in [1.82, 2.24) is 4.98 Å². The molecule has 0 saturated heterocycles. The zero-order valence-electron chi connectivity index (χ0n) is 16.1. The Bertz CT molecular complexity index is 1070. The Hall–Kier alpha value is -3.19. The lowest BCUT2D eigenvalue weighted by Gasteiger charge is -2.10. The first-order valence-electron chi connectivity index (χ1n) is 9.42. The molecule has 29 heavy (non-hydrogen) atoms. The Kier molecular flexibility index (Phi) is 6.61. The van der Waals surface area contributed by atoms with Crippen LogP contribution in [0.5, 0.6) is 0 Å². The Labute approximate surface area is 171 Å². The van der Waals surface area contributed by atoms with E-state index in [0.717, 1.165) is 19.3 Å². The number of aryl methyl sites for hydroxylation is 1. The molecular formula is C22H23N3O3S. The van der Waals surface area contributed by atoms with Crippen molar-refractivity contribution in [2.75, 3.05) is 10.0 Å². The molecule has 3 rings (SSSR count). The Morgan fingerprint density at radius 2 is 1.79 bits per heavy atom. The second-order valence-electron chi connectivity index (χ2n) is 6.60. The first-order chi connectivity index (χ1) is 14.0. The molecule has 0 aliphatic carbocycles. The van der Waals surface area contributed by atoms with Gasteiger partial charge in [-0.1, -0.05) is 37.6 Å². The Morgan fingerprint density at radius 1 is 1.00 bits per heavy atom. The maximum Gasteiger partial charge on any atom is 0.261 e. The molecule has 1 heterocycles. The van der Waals surface area contributed by atoms with Gasteiger partial charge in [0, 0.05) is 17.4 Å². The summed E-state index contributed by atoms with van der Waals surface area (Å²) in [6.45, 7) is 2.13. The number of carbonyl (C=O) groups is 1. The van der Waals surface area contributed by atoms with Gasteiger partial charge in [-0.25, -0.2) is 13.4 Å². The third kappa shape index (κ3) is 5.65. The molecule has 6 nitrogen and oxygen atoms in total. The number of hydrogen-bond donors (Lipinski definition) is 2. The van der Waals surface area contributed by atoms with E-state index in [0.29, 0.717) is 11.5 Å². The number of anilines is 2. The summed E-state index contributed by atoms with van der Waals surface area (Å²) in [6, 6.07) is 18.4. The van der Waals surface area contributed by atoms with Gasteiger partial charge < -0.3 is 5.32 Å².